The molecule has 34 heavy (non-hydrogen) atoms. The van der Waals surface area contributed by atoms with Crippen molar-refractivity contribution >= 4 is 21.9 Å². The second kappa shape index (κ2) is 10.4. The fourth-order valence-electron chi connectivity index (χ4n) is 5.84. The first-order valence-electron chi connectivity index (χ1n) is 12.6. The molecule has 3 fully saturated rings. The fraction of sp³-hybridized carbons (Fsp3) is 0.750. The lowest BCUT2D eigenvalue weighted by molar-refractivity contribution is -0.138. The Bertz CT molecular complexity index is 999. The molecular formula is C24H38N4O5S. The lowest BCUT2D eigenvalue weighted by Gasteiger charge is -2.40. The monoisotopic (exact) mass is 494 g/mol. The molecule has 3 aliphatic rings. The van der Waals surface area contributed by atoms with Crippen LogP contribution in [0, 0.1) is 19.8 Å². The van der Waals surface area contributed by atoms with Gasteiger partial charge in [-0.15, -0.1) is 0 Å². The number of piperazine rings is 1. The summed E-state index contributed by atoms with van der Waals surface area (Å²) in [5, 5.41) is 0. The molecule has 1 aromatic rings. The number of nitrogens with one attached hydrogen (secondary N) is 1. The van der Waals surface area contributed by atoms with Gasteiger partial charge in [0.2, 0.25) is 15.9 Å². The zero-order valence-corrected chi connectivity index (χ0v) is 21.5. The number of nitrogens with zero attached hydrogens (tertiary/aromatic N) is 3. The zero-order valence-electron chi connectivity index (χ0n) is 20.6. The highest BCUT2D eigenvalue weighted by Gasteiger charge is 2.38. The van der Waals surface area contributed by atoms with Gasteiger partial charge < -0.3 is 14.6 Å². The van der Waals surface area contributed by atoms with E-state index in [1.807, 2.05) is 4.90 Å². The minimum atomic E-state index is -3.89. The Hall–Kier alpha value is -1.91. The summed E-state index contributed by atoms with van der Waals surface area (Å²) in [6, 6.07) is 0.686. The van der Waals surface area contributed by atoms with Gasteiger partial charge in [-0.3, -0.25) is 9.69 Å². The van der Waals surface area contributed by atoms with Crippen LogP contribution in [0.1, 0.15) is 67.2 Å². The van der Waals surface area contributed by atoms with E-state index in [9.17, 15) is 18.0 Å². The standard InChI is InChI=1S/C24H38N4O5S/c1-4-33-24(30)21-17(2)25-18(3)22(21)34(31,32)28-11-9-19(10-12-28)23(29)27-15-13-26(14-16-27)20-7-5-6-8-20/h19-20,25H,4-16H2,1-3H3. The highest BCUT2D eigenvalue weighted by atomic mass is 32.2. The maximum absolute atomic E-state index is 13.5. The van der Waals surface area contributed by atoms with Crippen LogP contribution in [0.2, 0.25) is 0 Å². The van der Waals surface area contributed by atoms with Gasteiger partial charge in [-0.05, 0) is 46.5 Å². The number of hydrogen-bond donors (Lipinski definition) is 1. The Morgan fingerprint density at radius 2 is 1.56 bits per heavy atom. The largest absolute Gasteiger partial charge is 0.462 e. The first-order valence-corrected chi connectivity index (χ1v) is 14.1. The summed E-state index contributed by atoms with van der Waals surface area (Å²) < 4.78 is 33.5. The van der Waals surface area contributed by atoms with Crippen molar-refractivity contribution in [1.82, 2.24) is 19.1 Å². The van der Waals surface area contributed by atoms with Crippen molar-refractivity contribution in [2.45, 2.75) is 70.2 Å². The highest BCUT2D eigenvalue weighted by molar-refractivity contribution is 7.89. The van der Waals surface area contributed by atoms with Crippen LogP contribution in [-0.4, -0.2) is 91.3 Å². The van der Waals surface area contributed by atoms with Gasteiger partial charge in [-0.25, -0.2) is 13.2 Å². The van der Waals surface area contributed by atoms with Crippen LogP contribution >= 0.6 is 0 Å². The van der Waals surface area contributed by atoms with Crippen molar-refractivity contribution in [1.29, 1.82) is 0 Å². The molecule has 0 unspecified atom stereocenters. The Morgan fingerprint density at radius 1 is 0.941 bits per heavy atom. The molecule has 1 aromatic heterocycles. The minimum Gasteiger partial charge on any atom is -0.462 e. The number of hydrogen-bond acceptors (Lipinski definition) is 6. The van der Waals surface area contributed by atoms with Crippen LogP contribution in [0.25, 0.3) is 0 Å². The van der Waals surface area contributed by atoms with Crippen molar-refractivity contribution in [2.24, 2.45) is 5.92 Å². The van der Waals surface area contributed by atoms with Gasteiger partial charge in [-0.2, -0.15) is 4.31 Å². The molecule has 3 heterocycles. The van der Waals surface area contributed by atoms with Gasteiger partial charge >= 0.3 is 5.97 Å². The van der Waals surface area contributed by atoms with Crippen molar-refractivity contribution in [3.8, 4) is 0 Å². The van der Waals surface area contributed by atoms with Crippen molar-refractivity contribution < 1.29 is 22.7 Å². The van der Waals surface area contributed by atoms with Crippen molar-refractivity contribution in [3.63, 3.8) is 0 Å². The molecule has 10 heteroatoms. The molecular weight excluding hydrogens is 456 g/mol. The minimum absolute atomic E-state index is 0.00346. The van der Waals surface area contributed by atoms with Crippen LogP contribution in [0.3, 0.4) is 0 Å². The van der Waals surface area contributed by atoms with Crippen LogP contribution in [0.15, 0.2) is 4.90 Å². The summed E-state index contributed by atoms with van der Waals surface area (Å²) in [4.78, 5) is 33.1. The lowest BCUT2D eigenvalue weighted by Crippen LogP contribution is -2.53. The summed E-state index contributed by atoms with van der Waals surface area (Å²) in [5.74, 6) is -0.628. The molecule has 0 atom stereocenters. The number of ether oxygens (including phenoxy) is 1. The fourth-order valence-corrected chi connectivity index (χ4v) is 7.72. The van der Waals surface area contributed by atoms with Crippen molar-refractivity contribution in [3.05, 3.63) is 17.0 Å². The molecule has 1 saturated carbocycles. The molecule has 2 saturated heterocycles. The van der Waals surface area contributed by atoms with Crippen LogP contribution in [0.5, 0.6) is 0 Å². The van der Waals surface area contributed by atoms with Gasteiger partial charge in [0.25, 0.3) is 0 Å². The number of esters is 1. The van der Waals surface area contributed by atoms with Crippen LogP contribution in [0.4, 0.5) is 0 Å². The average Bonchev–Trinajstić information content (AvgIpc) is 3.47. The van der Waals surface area contributed by atoms with E-state index in [2.05, 4.69) is 9.88 Å². The first-order chi connectivity index (χ1) is 16.2. The van der Waals surface area contributed by atoms with E-state index in [1.54, 1.807) is 20.8 Å². The topological polar surface area (TPSA) is 103 Å². The van der Waals surface area contributed by atoms with Crippen LogP contribution in [-0.2, 0) is 19.6 Å². The predicted molar refractivity (Wildman–Crippen MR) is 128 cm³/mol. The number of carbonyl (C=O) groups is 2. The predicted octanol–water partition coefficient (Wildman–Crippen LogP) is 2.30. The summed E-state index contributed by atoms with van der Waals surface area (Å²) in [6.07, 6.45) is 6.18. The number of H-pyrrole nitrogens is 1. The highest BCUT2D eigenvalue weighted by Crippen LogP contribution is 2.31. The quantitative estimate of drug-likeness (QED) is 0.609. The molecule has 1 amide bonds. The average molecular weight is 495 g/mol. The third kappa shape index (κ3) is 4.90. The van der Waals surface area contributed by atoms with E-state index in [0.717, 1.165) is 26.2 Å². The smallest absolute Gasteiger partial charge is 0.341 e. The van der Waals surface area contributed by atoms with E-state index in [-0.39, 0.29) is 42.0 Å². The first kappa shape index (κ1) is 25.2. The molecule has 1 N–H and O–H groups in total. The normalized spacial score (nSPS) is 21.8. The molecule has 0 radical (unpaired) electrons. The number of amides is 1. The zero-order chi connectivity index (χ0) is 24.5. The number of aromatic amines is 1. The van der Waals surface area contributed by atoms with Gasteiger partial charge in [-0.1, -0.05) is 12.8 Å². The molecule has 9 nitrogen and oxygen atoms in total. The molecule has 0 bridgehead atoms. The number of rotatable bonds is 6. The second-order valence-corrected chi connectivity index (χ2v) is 11.7. The second-order valence-electron chi connectivity index (χ2n) is 9.78. The third-order valence-corrected chi connectivity index (χ3v) is 9.74. The number of sulfonamides is 1. The van der Waals surface area contributed by atoms with Crippen molar-refractivity contribution in [2.75, 3.05) is 45.9 Å². The summed E-state index contributed by atoms with van der Waals surface area (Å²) in [5.41, 5.74) is 0.993. The Balaban J connectivity index is 1.37. The summed E-state index contributed by atoms with van der Waals surface area (Å²) >= 11 is 0. The lowest BCUT2D eigenvalue weighted by atomic mass is 9.96. The maximum Gasteiger partial charge on any atom is 0.341 e. The Kier molecular flexibility index (Phi) is 7.69. The molecule has 4 rings (SSSR count). The molecule has 0 spiro atoms. The Labute approximate surface area is 202 Å². The van der Waals surface area contributed by atoms with E-state index < -0.39 is 16.0 Å². The molecule has 1 aliphatic carbocycles. The molecule has 0 aromatic carbocycles. The van der Waals surface area contributed by atoms with E-state index in [4.69, 9.17) is 4.74 Å². The van der Waals surface area contributed by atoms with E-state index in [1.165, 1.54) is 30.0 Å². The molecule has 190 valence electrons. The molecule has 2 aliphatic heterocycles. The van der Waals surface area contributed by atoms with Gasteiger partial charge in [0.05, 0.1) is 6.61 Å². The van der Waals surface area contributed by atoms with Gasteiger partial charge in [0.1, 0.15) is 10.5 Å². The number of aromatic nitrogens is 1. The SMILES string of the molecule is CCOC(=O)c1c(C)[nH]c(C)c1S(=O)(=O)N1CCC(C(=O)N2CCN(C3CCCC3)CC2)CC1. The van der Waals surface area contributed by atoms with Crippen LogP contribution < -0.4 is 0 Å². The third-order valence-electron chi connectivity index (χ3n) is 7.67. The maximum atomic E-state index is 13.5. The van der Waals surface area contributed by atoms with Gasteiger partial charge in [0, 0.05) is 62.6 Å². The summed E-state index contributed by atoms with van der Waals surface area (Å²) in [7, 11) is -3.89. The van der Waals surface area contributed by atoms with E-state index >= 15 is 0 Å². The number of piperidine rings is 1. The Morgan fingerprint density at radius 3 is 2.15 bits per heavy atom. The number of carbonyl (C=O) groups excluding carboxylic acids is 2. The summed E-state index contributed by atoms with van der Waals surface area (Å²) in [6.45, 7) is 9.14. The van der Waals surface area contributed by atoms with E-state index in [0.29, 0.717) is 30.3 Å². The number of aryl methyl sites for hydroxylation is 2. The van der Waals surface area contributed by atoms with Gasteiger partial charge in [0.15, 0.2) is 0 Å².